The highest BCUT2D eigenvalue weighted by Crippen LogP contribution is 1.99. The predicted molar refractivity (Wildman–Crippen MR) is 122 cm³/mol. The van der Waals surface area contributed by atoms with Crippen LogP contribution in [0.3, 0.4) is 0 Å². The molecule has 0 rings (SSSR count). The summed E-state index contributed by atoms with van der Waals surface area (Å²) in [6, 6.07) is -5.41. The smallest absolute Gasteiger partial charge is 0.328 e. The maximum absolute atomic E-state index is 12.2. The molecule has 0 fully saturated rings. The minimum Gasteiger partial charge on any atom is -0.480 e. The van der Waals surface area contributed by atoms with Gasteiger partial charge in [-0.15, -0.1) is 0 Å². The van der Waals surface area contributed by atoms with Gasteiger partial charge in [-0.2, -0.15) is 0 Å². The van der Waals surface area contributed by atoms with Gasteiger partial charge < -0.3 is 58.5 Å². The molecule has 0 saturated carbocycles. The fourth-order valence-electron chi connectivity index (χ4n) is 2.56. The molecular formula is C19H35N7O10. The van der Waals surface area contributed by atoms with E-state index in [0.29, 0.717) is 25.8 Å². The number of hydrogen-bond donors (Lipinski definition) is 11. The Morgan fingerprint density at radius 3 is 1.53 bits per heavy atom. The molecule has 4 atom stereocenters. The van der Waals surface area contributed by atoms with Crippen LogP contribution < -0.4 is 38.1 Å². The molecule has 0 aliphatic carbocycles. The fraction of sp³-hybridized carbons (Fsp3) is 0.684. The van der Waals surface area contributed by atoms with Gasteiger partial charge in [-0.25, -0.2) is 4.79 Å². The summed E-state index contributed by atoms with van der Waals surface area (Å²) in [4.78, 5) is 70.7. The van der Waals surface area contributed by atoms with Crippen LogP contribution in [0.25, 0.3) is 0 Å². The summed E-state index contributed by atoms with van der Waals surface area (Å²) in [5, 5.41) is 46.8. The number of carbonyl (C=O) groups is 6. The Balaban J connectivity index is 4.61. The zero-order valence-corrected chi connectivity index (χ0v) is 19.6. The second kappa shape index (κ2) is 18.0. The van der Waals surface area contributed by atoms with Crippen LogP contribution in [0.1, 0.15) is 19.3 Å². The Morgan fingerprint density at radius 2 is 1.11 bits per heavy atom. The Labute approximate surface area is 206 Å². The molecule has 36 heavy (non-hydrogen) atoms. The van der Waals surface area contributed by atoms with Crippen LogP contribution in [0, 0.1) is 0 Å². The quantitative estimate of drug-likeness (QED) is 0.0750. The third-order valence-corrected chi connectivity index (χ3v) is 4.62. The van der Waals surface area contributed by atoms with Crippen molar-refractivity contribution in [2.75, 3.05) is 39.5 Å². The number of hydrogen-bond acceptors (Lipinski definition) is 11. The third kappa shape index (κ3) is 12.9. The first-order valence-corrected chi connectivity index (χ1v) is 11.0. The van der Waals surface area contributed by atoms with E-state index in [9.17, 15) is 39.0 Å². The van der Waals surface area contributed by atoms with Crippen molar-refractivity contribution in [3.8, 4) is 0 Å². The van der Waals surface area contributed by atoms with E-state index in [2.05, 4.69) is 21.3 Å². The summed E-state index contributed by atoms with van der Waals surface area (Å²) < 4.78 is 0. The molecule has 13 N–H and O–H groups in total. The summed E-state index contributed by atoms with van der Waals surface area (Å²) >= 11 is 0. The summed E-state index contributed by atoms with van der Waals surface area (Å²) in [5.41, 5.74) is 11.1. The lowest BCUT2D eigenvalue weighted by Crippen LogP contribution is -2.56. The molecular weight excluding hydrogens is 486 g/mol. The topological polar surface area (TPSA) is 296 Å². The number of amides is 5. The minimum absolute atomic E-state index is 0.319. The van der Waals surface area contributed by atoms with Gasteiger partial charge in [0, 0.05) is 0 Å². The van der Waals surface area contributed by atoms with E-state index >= 15 is 0 Å². The first kappa shape index (κ1) is 32.6. The van der Waals surface area contributed by atoms with E-state index in [1.54, 1.807) is 0 Å². The standard InChI is InChI=1S/C19H35N7O10/c20-4-2-1-3-10(21)16(32)26-12(8-28)18(34)23-5-14(30)24-11(7-27)17(33)22-6-15(31)25-13(9-29)19(35)36/h10-13,27-29H,1-9,20-21H2,(H,22,33)(H,23,34)(H,24,30)(H,25,31)(H,26,32)(H,35,36)/t10-,11-,12-,13-/m0/s1. The van der Waals surface area contributed by atoms with Crippen LogP contribution in [0.4, 0.5) is 0 Å². The van der Waals surface area contributed by atoms with Crippen molar-refractivity contribution in [3.63, 3.8) is 0 Å². The van der Waals surface area contributed by atoms with Gasteiger partial charge in [-0.3, -0.25) is 24.0 Å². The average Bonchev–Trinajstić information content (AvgIpc) is 2.85. The number of carbonyl (C=O) groups excluding carboxylic acids is 5. The van der Waals surface area contributed by atoms with Gasteiger partial charge in [-0.1, -0.05) is 6.42 Å². The summed E-state index contributed by atoms with van der Waals surface area (Å²) in [6.45, 7) is -3.49. The SMILES string of the molecule is NCCCC[C@H](N)C(=O)N[C@@H](CO)C(=O)NCC(=O)N[C@@H](CO)C(=O)NCC(=O)N[C@@H](CO)C(=O)O. The molecule has 0 unspecified atom stereocenters. The molecule has 0 aliphatic rings. The number of nitrogens with two attached hydrogens (primary N) is 2. The lowest BCUT2D eigenvalue weighted by molar-refractivity contribution is -0.142. The number of nitrogens with one attached hydrogen (secondary N) is 5. The normalized spacial score (nSPS) is 13.9. The monoisotopic (exact) mass is 521 g/mol. The Bertz CT molecular complexity index is 767. The highest BCUT2D eigenvalue weighted by Gasteiger charge is 2.25. The average molecular weight is 522 g/mol. The van der Waals surface area contributed by atoms with Gasteiger partial charge >= 0.3 is 5.97 Å². The van der Waals surface area contributed by atoms with Gasteiger partial charge in [0.2, 0.25) is 29.5 Å². The Hall–Kier alpha value is -3.38. The minimum atomic E-state index is -1.58. The molecule has 5 amide bonds. The second-order valence-electron chi connectivity index (χ2n) is 7.51. The number of carboxylic acids is 1. The van der Waals surface area contributed by atoms with Gasteiger partial charge in [0.25, 0.3) is 0 Å². The summed E-state index contributed by atoms with van der Waals surface area (Å²) in [5.74, 6) is -5.94. The number of carboxylic acid groups (broad SMARTS) is 1. The first-order valence-electron chi connectivity index (χ1n) is 11.0. The van der Waals surface area contributed by atoms with Crippen molar-refractivity contribution in [1.82, 2.24) is 26.6 Å². The van der Waals surface area contributed by atoms with Gasteiger partial charge in [0.1, 0.15) is 18.1 Å². The second-order valence-corrected chi connectivity index (χ2v) is 7.51. The molecule has 0 saturated heterocycles. The summed E-state index contributed by atoms with van der Waals surface area (Å²) in [7, 11) is 0. The number of aliphatic hydroxyl groups excluding tert-OH is 3. The third-order valence-electron chi connectivity index (χ3n) is 4.62. The zero-order valence-electron chi connectivity index (χ0n) is 19.6. The Morgan fingerprint density at radius 1 is 0.667 bits per heavy atom. The highest BCUT2D eigenvalue weighted by atomic mass is 16.4. The molecule has 0 spiro atoms. The molecule has 0 heterocycles. The summed E-state index contributed by atoms with van der Waals surface area (Å²) in [6.07, 6.45) is 1.57. The van der Waals surface area contributed by atoms with Crippen molar-refractivity contribution < 1.29 is 49.2 Å². The largest absolute Gasteiger partial charge is 0.480 e. The molecule has 0 aromatic rings. The maximum atomic E-state index is 12.2. The molecule has 17 heteroatoms. The zero-order chi connectivity index (χ0) is 27.7. The van der Waals surface area contributed by atoms with Crippen molar-refractivity contribution >= 4 is 35.5 Å². The van der Waals surface area contributed by atoms with E-state index in [4.69, 9.17) is 21.7 Å². The van der Waals surface area contributed by atoms with Crippen molar-refractivity contribution in [2.24, 2.45) is 11.5 Å². The number of aliphatic carboxylic acids is 1. The van der Waals surface area contributed by atoms with Crippen LogP contribution >= 0.6 is 0 Å². The van der Waals surface area contributed by atoms with E-state index in [-0.39, 0.29) is 0 Å². The Kier molecular flexibility index (Phi) is 16.3. The highest BCUT2D eigenvalue weighted by molar-refractivity contribution is 5.94. The van der Waals surface area contributed by atoms with Gasteiger partial charge in [-0.05, 0) is 19.4 Å². The van der Waals surface area contributed by atoms with Gasteiger partial charge in [0.15, 0.2) is 0 Å². The molecule has 0 aliphatic heterocycles. The van der Waals surface area contributed by atoms with Crippen molar-refractivity contribution in [2.45, 2.75) is 43.4 Å². The lowest BCUT2D eigenvalue weighted by atomic mass is 10.1. The number of unbranched alkanes of at least 4 members (excludes halogenated alkanes) is 1. The van der Waals surface area contributed by atoms with E-state index in [0.717, 1.165) is 0 Å². The van der Waals surface area contributed by atoms with Gasteiger partial charge in [0.05, 0.1) is 39.0 Å². The molecule has 0 aromatic carbocycles. The van der Waals surface area contributed by atoms with E-state index in [1.165, 1.54) is 0 Å². The molecule has 0 radical (unpaired) electrons. The van der Waals surface area contributed by atoms with E-state index < -0.39 is 92.6 Å². The van der Waals surface area contributed by atoms with Crippen LogP contribution in [0.5, 0.6) is 0 Å². The molecule has 206 valence electrons. The van der Waals surface area contributed by atoms with Crippen molar-refractivity contribution in [3.05, 3.63) is 0 Å². The van der Waals surface area contributed by atoms with Crippen LogP contribution in [0.15, 0.2) is 0 Å². The first-order chi connectivity index (χ1) is 17.0. The number of rotatable bonds is 18. The number of aliphatic hydroxyl groups is 3. The van der Waals surface area contributed by atoms with E-state index in [1.807, 2.05) is 5.32 Å². The predicted octanol–water partition coefficient (Wildman–Crippen LogP) is -6.81. The molecule has 17 nitrogen and oxygen atoms in total. The van der Waals surface area contributed by atoms with Crippen LogP contribution in [-0.4, -0.2) is 120 Å². The van der Waals surface area contributed by atoms with Crippen LogP contribution in [-0.2, 0) is 28.8 Å². The maximum Gasteiger partial charge on any atom is 0.328 e. The molecule has 0 aromatic heterocycles. The fourth-order valence-corrected chi connectivity index (χ4v) is 2.56. The molecule has 0 bridgehead atoms. The van der Waals surface area contributed by atoms with Crippen LogP contribution in [0.2, 0.25) is 0 Å². The lowest BCUT2D eigenvalue weighted by Gasteiger charge is -2.20. The van der Waals surface area contributed by atoms with Crippen molar-refractivity contribution in [1.29, 1.82) is 0 Å².